The number of hydrogen-bond acceptors (Lipinski definition) is 3. The molecule has 6 heteroatoms. The molecule has 0 unspecified atom stereocenters. The van der Waals surface area contributed by atoms with Crippen LogP contribution in [0.1, 0.15) is 39.7 Å². The minimum absolute atomic E-state index is 0.191. The van der Waals surface area contributed by atoms with E-state index in [0.29, 0.717) is 31.0 Å². The summed E-state index contributed by atoms with van der Waals surface area (Å²) in [6.07, 6.45) is 2.56. The van der Waals surface area contributed by atoms with E-state index >= 15 is 0 Å². The van der Waals surface area contributed by atoms with Crippen molar-refractivity contribution in [3.8, 4) is 0 Å². The Morgan fingerprint density at radius 3 is 2.21 bits per heavy atom. The van der Waals surface area contributed by atoms with Gasteiger partial charge in [0, 0.05) is 18.7 Å². The largest absolute Gasteiger partial charge is 0.467 e. The second-order valence-corrected chi connectivity index (χ2v) is 6.67. The molecule has 0 saturated heterocycles. The predicted octanol–water partition coefficient (Wildman–Crippen LogP) is 3.77. The van der Waals surface area contributed by atoms with E-state index in [1.54, 1.807) is 36.6 Å². The highest BCUT2D eigenvalue weighted by Gasteiger charge is 2.08. The van der Waals surface area contributed by atoms with Crippen molar-refractivity contribution in [2.45, 2.75) is 33.0 Å². The number of aryl methyl sites for hydroxylation is 1. The van der Waals surface area contributed by atoms with E-state index in [1.165, 1.54) is 5.56 Å². The van der Waals surface area contributed by atoms with Gasteiger partial charge in [-0.2, -0.15) is 0 Å². The van der Waals surface area contributed by atoms with Gasteiger partial charge in [-0.1, -0.05) is 43.3 Å². The minimum Gasteiger partial charge on any atom is -0.467 e. The second-order valence-electron chi connectivity index (χ2n) is 6.67. The van der Waals surface area contributed by atoms with Crippen molar-refractivity contribution >= 4 is 11.9 Å². The highest BCUT2D eigenvalue weighted by molar-refractivity contribution is 5.94. The fraction of sp³-hybridized carbons (Fsp3) is 0.217. The van der Waals surface area contributed by atoms with Crippen molar-refractivity contribution in [2.24, 2.45) is 0 Å². The highest BCUT2D eigenvalue weighted by atomic mass is 16.3. The number of carbonyl (C=O) groups is 2. The molecular weight excluding hydrogens is 366 g/mol. The second kappa shape index (κ2) is 10.1. The van der Waals surface area contributed by atoms with Crippen molar-refractivity contribution < 1.29 is 14.0 Å². The maximum Gasteiger partial charge on any atom is 0.315 e. The molecule has 3 N–H and O–H groups in total. The zero-order chi connectivity index (χ0) is 20.5. The third-order valence-corrected chi connectivity index (χ3v) is 4.53. The van der Waals surface area contributed by atoms with Gasteiger partial charge in [0.1, 0.15) is 5.76 Å². The van der Waals surface area contributed by atoms with Crippen LogP contribution in [-0.4, -0.2) is 11.9 Å². The lowest BCUT2D eigenvalue weighted by Gasteiger charge is -2.09. The number of urea groups is 1. The summed E-state index contributed by atoms with van der Waals surface area (Å²) in [5.41, 5.74) is 3.70. The summed E-state index contributed by atoms with van der Waals surface area (Å²) in [7, 11) is 0. The Morgan fingerprint density at radius 1 is 0.793 bits per heavy atom. The highest BCUT2D eigenvalue weighted by Crippen LogP contribution is 2.07. The zero-order valence-electron chi connectivity index (χ0n) is 16.4. The molecule has 0 saturated carbocycles. The Hall–Kier alpha value is -3.54. The Balaban J connectivity index is 1.45. The normalized spacial score (nSPS) is 10.4. The topological polar surface area (TPSA) is 83.4 Å². The first-order chi connectivity index (χ1) is 14.1. The third kappa shape index (κ3) is 6.24. The molecule has 0 radical (unpaired) electrons. The van der Waals surface area contributed by atoms with Crippen LogP contribution in [0.15, 0.2) is 71.3 Å². The van der Waals surface area contributed by atoms with Crippen LogP contribution >= 0.6 is 0 Å². The molecule has 0 fully saturated rings. The van der Waals surface area contributed by atoms with Crippen molar-refractivity contribution in [1.82, 2.24) is 16.0 Å². The van der Waals surface area contributed by atoms with Gasteiger partial charge in [-0.25, -0.2) is 4.79 Å². The number of amides is 3. The third-order valence-electron chi connectivity index (χ3n) is 4.53. The molecule has 0 bridgehead atoms. The number of hydrogen-bond donors (Lipinski definition) is 3. The van der Waals surface area contributed by atoms with Crippen molar-refractivity contribution in [3.63, 3.8) is 0 Å². The van der Waals surface area contributed by atoms with Crippen LogP contribution in [0, 0.1) is 0 Å². The minimum atomic E-state index is -0.253. The molecule has 0 aliphatic rings. The molecule has 0 aliphatic carbocycles. The van der Waals surface area contributed by atoms with Gasteiger partial charge in [-0.05, 0) is 47.4 Å². The fourth-order valence-electron chi connectivity index (χ4n) is 2.83. The summed E-state index contributed by atoms with van der Waals surface area (Å²) < 4.78 is 5.21. The molecule has 150 valence electrons. The van der Waals surface area contributed by atoms with Crippen LogP contribution in [-0.2, 0) is 26.1 Å². The van der Waals surface area contributed by atoms with E-state index in [9.17, 15) is 9.59 Å². The van der Waals surface area contributed by atoms with Crippen LogP contribution in [0.3, 0.4) is 0 Å². The molecule has 1 heterocycles. The Kier molecular flexibility index (Phi) is 7.05. The monoisotopic (exact) mass is 391 g/mol. The number of carbonyl (C=O) groups excluding carboxylic acids is 2. The fourth-order valence-corrected chi connectivity index (χ4v) is 2.83. The summed E-state index contributed by atoms with van der Waals surface area (Å²) in [6, 6.07) is 18.7. The van der Waals surface area contributed by atoms with Crippen LogP contribution in [0.2, 0.25) is 0 Å². The number of benzene rings is 2. The maximum atomic E-state index is 12.3. The van der Waals surface area contributed by atoms with Crippen LogP contribution in [0.4, 0.5) is 4.79 Å². The van der Waals surface area contributed by atoms with Crippen LogP contribution in [0.25, 0.3) is 0 Å². The van der Waals surface area contributed by atoms with Gasteiger partial charge in [0.05, 0.1) is 12.8 Å². The predicted molar refractivity (Wildman–Crippen MR) is 111 cm³/mol. The average Bonchev–Trinajstić information content (AvgIpc) is 3.29. The lowest BCUT2D eigenvalue weighted by Crippen LogP contribution is -2.34. The lowest BCUT2D eigenvalue weighted by molar-refractivity contribution is 0.0948. The first-order valence-corrected chi connectivity index (χ1v) is 9.63. The Labute approximate surface area is 170 Å². The molecule has 3 amide bonds. The lowest BCUT2D eigenvalue weighted by atomic mass is 10.1. The van der Waals surface area contributed by atoms with Crippen molar-refractivity contribution in [1.29, 1.82) is 0 Å². The number of rotatable bonds is 8. The van der Waals surface area contributed by atoms with Gasteiger partial charge in [0.15, 0.2) is 0 Å². The Bertz CT molecular complexity index is 934. The SMILES string of the molecule is CCc1ccc(CNC(=O)NCc2cccc(C(=O)NCc3ccco3)c2)cc1. The first kappa shape index (κ1) is 20.2. The average molecular weight is 391 g/mol. The van der Waals surface area contributed by atoms with Crippen LogP contribution < -0.4 is 16.0 Å². The molecule has 0 aliphatic heterocycles. The van der Waals surface area contributed by atoms with E-state index < -0.39 is 0 Å². The molecule has 0 spiro atoms. The molecule has 2 aromatic carbocycles. The smallest absolute Gasteiger partial charge is 0.315 e. The van der Waals surface area contributed by atoms with Gasteiger partial charge in [-0.3, -0.25) is 4.79 Å². The maximum absolute atomic E-state index is 12.3. The summed E-state index contributed by atoms with van der Waals surface area (Å²) in [5, 5.41) is 8.46. The molecule has 3 rings (SSSR count). The van der Waals surface area contributed by atoms with Gasteiger partial charge in [0.25, 0.3) is 5.91 Å². The number of furan rings is 1. The van der Waals surface area contributed by atoms with Crippen LogP contribution in [0.5, 0.6) is 0 Å². The molecule has 1 aromatic heterocycles. The molecule has 6 nitrogen and oxygen atoms in total. The standard InChI is InChI=1S/C23H25N3O3/c1-2-17-8-10-18(11-9-17)14-25-23(28)26-15-19-5-3-6-20(13-19)22(27)24-16-21-7-4-12-29-21/h3-13H,2,14-16H2,1H3,(H,24,27)(H2,25,26,28). The van der Waals surface area contributed by atoms with E-state index in [-0.39, 0.29) is 11.9 Å². The molecule has 3 aromatic rings. The molecular formula is C23H25N3O3. The summed E-state index contributed by atoms with van der Waals surface area (Å²) >= 11 is 0. The van der Waals surface area contributed by atoms with E-state index in [2.05, 4.69) is 35.0 Å². The van der Waals surface area contributed by atoms with Gasteiger partial charge in [0.2, 0.25) is 0 Å². The zero-order valence-corrected chi connectivity index (χ0v) is 16.4. The quantitative estimate of drug-likeness (QED) is 0.547. The van der Waals surface area contributed by atoms with Gasteiger partial charge in [-0.15, -0.1) is 0 Å². The summed E-state index contributed by atoms with van der Waals surface area (Å²) in [6.45, 7) is 3.24. The van der Waals surface area contributed by atoms with E-state index in [0.717, 1.165) is 17.5 Å². The number of nitrogens with one attached hydrogen (secondary N) is 3. The van der Waals surface area contributed by atoms with Crippen molar-refractivity contribution in [3.05, 3.63) is 94.9 Å². The van der Waals surface area contributed by atoms with Gasteiger partial charge >= 0.3 is 6.03 Å². The Morgan fingerprint density at radius 2 is 1.52 bits per heavy atom. The van der Waals surface area contributed by atoms with Crippen molar-refractivity contribution in [2.75, 3.05) is 0 Å². The first-order valence-electron chi connectivity index (χ1n) is 9.63. The van der Waals surface area contributed by atoms with E-state index in [1.807, 2.05) is 18.2 Å². The van der Waals surface area contributed by atoms with E-state index in [4.69, 9.17) is 4.42 Å². The molecule has 0 atom stereocenters. The molecule has 29 heavy (non-hydrogen) atoms. The summed E-state index contributed by atoms with van der Waals surface area (Å²) in [5.74, 6) is 0.500. The van der Waals surface area contributed by atoms with Gasteiger partial charge < -0.3 is 20.4 Å². The summed E-state index contributed by atoms with van der Waals surface area (Å²) in [4.78, 5) is 24.3.